The predicted molar refractivity (Wildman–Crippen MR) is 81.6 cm³/mol. The highest BCUT2D eigenvalue weighted by molar-refractivity contribution is 5.15. The summed E-state index contributed by atoms with van der Waals surface area (Å²) in [6, 6.07) is 1.42. The fourth-order valence-electron chi connectivity index (χ4n) is 3.74. The van der Waals surface area contributed by atoms with E-state index in [-0.39, 0.29) is 0 Å². The first-order valence-electron chi connectivity index (χ1n) is 8.26. The summed E-state index contributed by atoms with van der Waals surface area (Å²) in [6.07, 6.45) is 11.0. The van der Waals surface area contributed by atoms with Gasteiger partial charge in [0.25, 0.3) is 0 Å². The Kier molecular flexibility index (Phi) is 4.41. The zero-order valence-corrected chi connectivity index (χ0v) is 12.9. The van der Waals surface area contributed by atoms with E-state index in [4.69, 9.17) is 0 Å². The third-order valence-electron chi connectivity index (χ3n) is 4.72. The second kappa shape index (κ2) is 6.27. The van der Waals surface area contributed by atoms with Crippen molar-refractivity contribution in [2.24, 2.45) is 5.92 Å². The van der Waals surface area contributed by atoms with E-state index in [1.165, 1.54) is 37.8 Å². The zero-order valence-electron chi connectivity index (χ0n) is 12.9. The molecule has 4 heteroatoms. The summed E-state index contributed by atoms with van der Waals surface area (Å²) in [5.41, 5.74) is 1.44. The van der Waals surface area contributed by atoms with Crippen LogP contribution in [-0.4, -0.2) is 40.9 Å². The normalized spacial score (nSPS) is 27.9. The third-order valence-corrected chi connectivity index (χ3v) is 4.72. The molecule has 1 aliphatic heterocycles. The minimum Gasteiger partial charge on any atom is -0.319 e. The molecule has 1 aromatic heterocycles. The van der Waals surface area contributed by atoms with Crippen LogP contribution in [0.3, 0.4) is 0 Å². The van der Waals surface area contributed by atoms with Gasteiger partial charge in [-0.05, 0) is 58.2 Å². The smallest absolute Gasteiger partial charge is 0.0537 e. The van der Waals surface area contributed by atoms with E-state index in [9.17, 15) is 0 Å². The first-order chi connectivity index (χ1) is 9.83. The molecular formula is C16H28N4. The second-order valence-corrected chi connectivity index (χ2v) is 6.41. The predicted octanol–water partition coefficient (Wildman–Crippen LogP) is 2.43. The quantitative estimate of drug-likeness (QED) is 0.866. The molecule has 112 valence electrons. The highest BCUT2D eigenvalue weighted by atomic mass is 15.3. The Morgan fingerprint density at radius 3 is 2.90 bits per heavy atom. The van der Waals surface area contributed by atoms with Gasteiger partial charge in [0.15, 0.2) is 0 Å². The number of hydrogen-bond donors (Lipinski definition) is 1. The fourth-order valence-corrected chi connectivity index (χ4v) is 3.74. The van der Waals surface area contributed by atoms with Gasteiger partial charge < -0.3 is 5.32 Å². The van der Waals surface area contributed by atoms with Crippen molar-refractivity contribution < 1.29 is 0 Å². The van der Waals surface area contributed by atoms with Crippen LogP contribution in [0.15, 0.2) is 12.4 Å². The van der Waals surface area contributed by atoms with E-state index in [0.717, 1.165) is 31.5 Å². The van der Waals surface area contributed by atoms with Crippen molar-refractivity contribution in [2.45, 2.75) is 57.7 Å². The van der Waals surface area contributed by atoms with E-state index in [2.05, 4.69) is 46.4 Å². The number of likely N-dealkylation sites (tertiary alicyclic amines) is 1. The van der Waals surface area contributed by atoms with Gasteiger partial charge in [0, 0.05) is 30.4 Å². The van der Waals surface area contributed by atoms with Crippen molar-refractivity contribution in [3.05, 3.63) is 18.0 Å². The van der Waals surface area contributed by atoms with Crippen molar-refractivity contribution in [1.29, 1.82) is 0 Å². The topological polar surface area (TPSA) is 33.1 Å². The van der Waals surface area contributed by atoms with Crippen LogP contribution < -0.4 is 5.32 Å². The number of piperidine rings is 1. The Balaban J connectivity index is 1.81. The lowest BCUT2D eigenvalue weighted by Gasteiger charge is -2.41. The van der Waals surface area contributed by atoms with Gasteiger partial charge in [0.2, 0.25) is 0 Å². The highest BCUT2D eigenvalue weighted by Gasteiger charge is 2.40. The molecule has 1 aliphatic carbocycles. The van der Waals surface area contributed by atoms with Crippen molar-refractivity contribution in [1.82, 2.24) is 20.0 Å². The Bertz CT molecular complexity index is 422. The lowest BCUT2D eigenvalue weighted by atomic mass is 9.85. The number of hydrogen-bond acceptors (Lipinski definition) is 3. The van der Waals surface area contributed by atoms with E-state index < -0.39 is 0 Å². The molecule has 1 saturated carbocycles. The molecule has 2 heterocycles. The third kappa shape index (κ3) is 2.91. The average Bonchev–Trinajstić information content (AvgIpc) is 3.20. The first kappa shape index (κ1) is 14.1. The number of aromatic nitrogens is 2. The van der Waals surface area contributed by atoms with Gasteiger partial charge in [-0.1, -0.05) is 6.92 Å². The maximum absolute atomic E-state index is 4.56. The van der Waals surface area contributed by atoms with Crippen LogP contribution in [0.5, 0.6) is 0 Å². The van der Waals surface area contributed by atoms with E-state index in [0.29, 0.717) is 6.04 Å². The summed E-state index contributed by atoms with van der Waals surface area (Å²) < 4.78 is 2.12. The molecular weight excluding hydrogens is 248 g/mol. The van der Waals surface area contributed by atoms with Gasteiger partial charge in [-0.25, -0.2) is 0 Å². The molecule has 1 aromatic rings. The number of rotatable bonds is 6. The Morgan fingerprint density at radius 2 is 2.20 bits per heavy atom. The number of nitrogens with one attached hydrogen (secondary N) is 1. The van der Waals surface area contributed by atoms with Crippen molar-refractivity contribution in [2.75, 3.05) is 20.1 Å². The van der Waals surface area contributed by atoms with Crippen LogP contribution in [0.4, 0.5) is 0 Å². The lowest BCUT2D eigenvalue weighted by Crippen LogP contribution is -2.43. The maximum atomic E-state index is 4.56. The number of nitrogens with zero attached hydrogens (tertiary/aromatic N) is 3. The second-order valence-electron chi connectivity index (χ2n) is 6.41. The Labute approximate surface area is 122 Å². The summed E-state index contributed by atoms with van der Waals surface area (Å²) in [5, 5.41) is 7.95. The van der Waals surface area contributed by atoms with Crippen LogP contribution in [-0.2, 0) is 6.54 Å². The van der Waals surface area contributed by atoms with E-state index >= 15 is 0 Å². The molecule has 20 heavy (non-hydrogen) atoms. The molecule has 2 fully saturated rings. The molecule has 0 aromatic carbocycles. The Morgan fingerprint density at radius 1 is 1.35 bits per heavy atom. The summed E-state index contributed by atoms with van der Waals surface area (Å²) in [4.78, 5) is 2.76. The molecule has 4 nitrogen and oxygen atoms in total. The summed E-state index contributed by atoms with van der Waals surface area (Å²) in [5.74, 6) is 0.730. The highest BCUT2D eigenvalue weighted by Crippen LogP contribution is 2.42. The monoisotopic (exact) mass is 276 g/mol. The van der Waals surface area contributed by atoms with E-state index in [1.54, 1.807) is 0 Å². The van der Waals surface area contributed by atoms with Crippen LogP contribution >= 0.6 is 0 Å². The summed E-state index contributed by atoms with van der Waals surface area (Å²) in [7, 11) is 2.08. The first-order valence-corrected chi connectivity index (χ1v) is 8.26. The van der Waals surface area contributed by atoms with E-state index in [1.807, 2.05) is 0 Å². The molecule has 1 N–H and O–H groups in total. The standard InChI is InChI=1S/C16H28N4/c1-3-8-19-12-14(11-18-19)16-13(10-17-2)5-4-9-20(16)15-6-7-15/h11-13,15-17H,3-10H2,1-2H3. The molecule has 1 saturated heterocycles. The minimum absolute atomic E-state index is 0.578. The molecule has 2 aliphatic rings. The zero-order chi connectivity index (χ0) is 13.9. The van der Waals surface area contributed by atoms with Crippen molar-refractivity contribution in [3.63, 3.8) is 0 Å². The molecule has 2 unspecified atom stereocenters. The van der Waals surface area contributed by atoms with Crippen molar-refractivity contribution in [3.8, 4) is 0 Å². The van der Waals surface area contributed by atoms with Gasteiger partial charge in [0.05, 0.1) is 6.20 Å². The molecule has 0 spiro atoms. The molecule has 3 rings (SSSR count). The van der Waals surface area contributed by atoms with Crippen LogP contribution in [0.2, 0.25) is 0 Å². The van der Waals surface area contributed by atoms with Gasteiger partial charge in [-0.3, -0.25) is 9.58 Å². The molecule has 0 radical (unpaired) electrons. The fraction of sp³-hybridized carbons (Fsp3) is 0.812. The summed E-state index contributed by atoms with van der Waals surface area (Å²) in [6.45, 7) is 5.64. The largest absolute Gasteiger partial charge is 0.319 e. The van der Waals surface area contributed by atoms with Gasteiger partial charge in [-0.2, -0.15) is 5.10 Å². The maximum Gasteiger partial charge on any atom is 0.0537 e. The van der Waals surface area contributed by atoms with Crippen LogP contribution in [0.1, 0.15) is 50.6 Å². The molecule has 0 bridgehead atoms. The average molecular weight is 276 g/mol. The molecule has 0 amide bonds. The van der Waals surface area contributed by atoms with Gasteiger partial charge in [0.1, 0.15) is 0 Å². The molecule has 2 atom stereocenters. The lowest BCUT2D eigenvalue weighted by molar-refractivity contribution is 0.0844. The SMILES string of the molecule is CCCn1cc(C2C(CNC)CCCN2C2CC2)cn1. The van der Waals surface area contributed by atoms with Crippen LogP contribution in [0, 0.1) is 5.92 Å². The number of aryl methyl sites for hydroxylation is 1. The summed E-state index contributed by atoms with van der Waals surface area (Å²) >= 11 is 0. The van der Waals surface area contributed by atoms with Crippen LogP contribution in [0.25, 0.3) is 0 Å². The minimum atomic E-state index is 0.578. The van der Waals surface area contributed by atoms with Gasteiger partial charge in [-0.15, -0.1) is 0 Å². The Hall–Kier alpha value is -0.870. The van der Waals surface area contributed by atoms with Gasteiger partial charge >= 0.3 is 0 Å². The van der Waals surface area contributed by atoms with Crippen molar-refractivity contribution >= 4 is 0 Å².